The molecular formula is C20H25N7O2. The second-order valence-electron chi connectivity index (χ2n) is 6.93. The smallest absolute Gasteiger partial charge is 0.240 e. The molecule has 29 heavy (non-hydrogen) atoms. The number of ether oxygens (including phenoxy) is 1. The molecule has 2 aromatic heterocycles. The number of carbonyl (C=O) groups is 1. The van der Waals surface area contributed by atoms with E-state index in [-0.39, 0.29) is 12.5 Å². The Morgan fingerprint density at radius 1 is 1.17 bits per heavy atom. The number of nitrogens with zero attached hydrogens (tertiary/aromatic N) is 5. The number of morpholine rings is 1. The zero-order valence-corrected chi connectivity index (χ0v) is 16.5. The van der Waals surface area contributed by atoms with Crippen LogP contribution in [0.5, 0.6) is 0 Å². The Kier molecular flexibility index (Phi) is 5.85. The number of aromatic nitrogens is 4. The van der Waals surface area contributed by atoms with Crippen LogP contribution in [0.1, 0.15) is 5.69 Å². The van der Waals surface area contributed by atoms with Crippen molar-refractivity contribution in [1.29, 1.82) is 0 Å². The van der Waals surface area contributed by atoms with E-state index < -0.39 is 0 Å². The van der Waals surface area contributed by atoms with E-state index in [1.165, 1.54) is 0 Å². The van der Waals surface area contributed by atoms with E-state index in [0.717, 1.165) is 35.6 Å². The third-order valence-corrected chi connectivity index (χ3v) is 4.75. The highest BCUT2D eigenvalue weighted by molar-refractivity contribution is 5.80. The van der Waals surface area contributed by atoms with Crippen LogP contribution in [0.2, 0.25) is 0 Å². The van der Waals surface area contributed by atoms with E-state index in [1.54, 1.807) is 6.33 Å². The third-order valence-electron chi connectivity index (χ3n) is 4.75. The standard InChI is InChI=1S/C20H25N7O2/c1-15-12-18(26-8-10-29-11-9-26)25-20(24-15)22-7-6-21-19(28)13-27-14-23-16-4-2-3-5-17(16)27/h2-5,12,14H,6-11,13H2,1H3,(H,21,28)(H,22,24,25). The SMILES string of the molecule is Cc1cc(N2CCOCC2)nc(NCCNC(=O)Cn2cnc3ccccc32)n1. The van der Waals surface area contributed by atoms with Crippen molar-refractivity contribution in [1.82, 2.24) is 24.8 Å². The molecule has 4 rings (SSSR count). The first kappa shape index (κ1) is 19.1. The Labute approximate surface area is 169 Å². The molecule has 0 radical (unpaired) electrons. The van der Waals surface area contributed by atoms with E-state index in [0.29, 0.717) is 32.3 Å². The summed E-state index contributed by atoms with van der Waals surface area (Å²) in [7, 11) is 0. The molecule has 1 aliphatic heterocycles. The molecule has 9 nitrogen and oxygen atoms in total. The fourth-order valence-corrected chi connectivity index (χ4v) is 3.31. The molecule has 0 spiro atoms. The van der Waals surface area contributed by atoms with Crippen LogP contribution >= 0.6 is 0 Å². The minimum Gasteiger partial charge on any atom is -0.378 e. The van der Waals surface area contributed by atoms with Crippen molar-refractivity contribution in [2.75, 3.05) is 49.6 Å². The molecule has 2 N–H and O–H groups in total. The first-order valence-corrected chi connectivity index (χ1v) is 9.78. The predicted octanol–water partition coefficient (Wildman–Crippen LogP) is 1.20. The summed E-state index contributed by atoms with van der Waals surface area (Å²) < 4.78 is 7.24. The maximum Gasteiger partial charge on any atom is 0.240 e. The van der Waals surface area contributed by atoms with Gasteiger partial charge in [-0.05, 0) is 19.1 Å². The second kappa shape index (κ2) is 8.87. The molecule has 0 atom stereocenters. The van der Waals surface area contributed by atoms with Gasteiger partial charge in [-0.15, -0.1) is 0 Å². The summed E-state index contributed by atoms with van der Waals surface area (Å²) >= 11 is 0. The number of fused-ring (bicyclic) bond motifs is 1. The summed E-state index contributed by atoms with van der Waals surface area (Å²) in [5, 5.41) is 6.11. The van der Waals surface area contributed by atoms with E-state index in [2.05, 4.69) is 30.5 Å². The van der Waals surface area contributed by atoms with Crippen LogP contribution in [0.15, 0.2) is 36.7 Å². The normalized spacial score (nSPS) is 14.2. The van der Waals surface area contributed by atoms with Crippen LogP contribution in [-0.2, 0) is 16.1 Å². The highest BCUT2D eigenvalue weighted by Gasteiger charge is 2.14. The summed E-state index contributed by atoms with van der Waals surface area (Å²) in [6, 6.07) is 9.74. The number of carbonyl (C=O) groups excluding carboxylic acids is 1. The number of hydrogen-bond donors (Lipinski definition) is 2. The van der Waals surface area contributed by atoms with Crippen LogP contribution in [0.25, 0.3) is 11.0 Å². The van der Waals surface area contributed by atoms with Crippen LogP contribution in [-0.4, -0.2) is 64.8 Å². The summed E-state index contributed by atoms with van der Waals surface area (Å²) in [5.41, 5.74) is 2.74. The van der Waals surface area contributed by atoms with Gasteiger partial charge < -0.3 is 24.8 Å². The Hall–Kier alpha value is -3.20. The zero-order chi connectivity index (χ0) is 20.1. The molecule has 3 heterocycles. The van der Waals surface area contributed by atoms with Crippen molar-refractivity contribution in [3.05, 3.63) is 42.4 Å². The monoisotopic (exact) mass is 395 g/mol. The van der Waals surface area contributed by atoms with Crippen LogP contribution < -0.4 is 15.5 Å². The molecule has 0 bridgehead atoms. The maximum atomic E-state index is 12.2. The molecule has 0 saturated carbocycles. The van der Waals surface area contributed by atoms with E-state index in [1.807, 2.05) is 41.8 Å². The van der Waals surface area contributed by atoms with Gasteiger partial charge in [0.1, 0.15) is 12.4 Å². The third kappa shape index (κ3) is 4.80. The number of amides is 1. The maximum absolute atomic E-state index is 12.2. The lowest BCUT2D eigenvalue weighted by molar-refractivity contribution is -0.121. The van der Waals surface area contributed by atoms with Gasteiger partial charge in [0.2, 0.25) is 11.9 Å². The number of anilines is 2. The lowest BCUT2D eigenvalue weighted by Gasteiger charge is -2.28. The minimum atomic E-state index is -0.0610. The van der Waals surface area contributed by atoms with Gasteiger partial charge in [0.25, 0.3) is 0 Å². The molecule has 0 unspecified atom stereocenters. The van der Waals surface area contributed by atoms with E-state index in [4.69, 9.17) is 4.74 Å². The van der Waals surface area contributed by atoms with Crippen molar-refractivity contribution >= 4 is 28.7 Å². The van der Waals surface area contributed by atoms with Gasteiger partial charge in [0, 0.05) is 37.9 Å². The largest absolute Gasteiger partial charge is 0.378 e. The molecular weight excluding hydrogens is 370 g/mol. The van der Waals surface area contributed by atoms with Gasteiger partial charge in [0.05, 0.1) is 30.6 Å². The van der Waals surface area contributed by atoms with Gasteiger partial charge in [-0.25, -0.2) is 9.97 Å². The highest BCUT2D eigenvalue weighted by atomic mass is 16.5. The Bertz CT molecular complexity index is 982. The van der Waals surface area contributed by atoms with Gasteiger partial charge in [0.15, 0.2) is 0 Å². The molecule has 1 aromatic carbocycles. The number of aryl methyl sites for hydroxylation is 1. The van der Waals surface area contributed by atoms with Crippen molar-refractivity contribution in [3.8, 4) is 0 Å². The fourth-order valence-electron chi connectivity index (χ4n) is 3.31. The first-order chi connectivity index (χ1) is 14.2. The summed E-state index contributed by atoms with van der Waals surface area (Å²) in [4.78, 5) is 27.8. The molecule has 152 valence electrons. The molecule has 1 saturated heterocycles. The quantitative estimate of drug-likeness (QED) is 0.580. The average molecular weight is 395 g/mol. The topological polar surface area (TPSA) is 97.2 Å². The van der Waals surface area contributed by atoms with Gasteiger partial charge >= 0.3 is 0 Å². The molecule has 1 amide bonds. The van der Waals surface area contributed by atoms with E-state index in [9.17, 15) is 4.79 Å². The lowest BCUT2D eigenvalue weighted by Crippen LogP contribution is -2.37. The summed E-state index contributed by atoms with van der Waals surface area (Å²) in [5.74, 6) is 1.41. The van der Waals surface area contributed by atoms with Crippen molar-refractivity contribution < 1.29 is 9.53 Å². The Morgan fingerprint density at radius 2 is 2.00 bits per heavy atom. The molecule has 0 aliphatic carbocycles. The number of benzene rings is 1. The Balaban J connectivity index is 1.27. The number of imidazole rings is 1. The van der Waals surface area contributed by atoms with Crippen molar-refractivity contribution in [2.45, 2.75) is 13.5 Å². The van der Waals surface area contributed by atoms with Crippen LogP contribution in [0.3, 0.4) is 0 Å². The number of para-hydroxylation sites is 2. The fraction of sp³-hybridized carbons (Fsp3) is 0.400. The number of rotatable bonds is 7. The van der Waals surface area contributed by atoms with Gasteiger partial charge in [-0.3, -0.25) is 4.79 Å². The van der Waals surface area contributed by atoms with Crippen LogP contribution in [0, 0.1) is 6.92 Å². The van der Waals surface area contributed by atoms with Gasteiger partial charge in [-0.1, -0.05) is 12.1 Å². The molecule has 9 heteroatoms. The van der Waals surface area contributed by atoms with Crippen molar-refractivity contribution in [3.63, 3.8) is 0 Å². The Morgan fingerprint density at radius 3 is 2.86 bits per heavy atom. The lowest BCUT2D eigenvalue weighted by atomic mass is 10.3. The predicted molar refractivity (Wildman–Crippen MR) is 111 cm³/mol. The average Bonchev–Trinajstić information content (AvgIpc) is 3.14. The summed E-state index contributed by atoms with van der Waals surface area (Å²) in [6.07, 6.45) is 1.69. The van der Waals surface area contributed by atoms with Gasteiger partial charge in [-0.2, -0.15) is 4.98 Å². The summed E-state index contributed by atoms with van der Waals surface area (Å²) in [6.45, 7) is 6.30. The highest BCUT2D eigenvalue weighted by Crippen LogP contribution is 2.16. The molecule has 1 aliphatic rings. The number of nitrogens with one attached hydrogen (secondary N) is 2. The molecule has 1 fully saturated rings. The second-order valence-corrected chi connectivity index (χ2v) is 6.93. The number of hydrogen-bond acceptors (Lipinski definition) is 7. The van der Waals surface area contributed by atoms with E-state index >= 15 is 0 Å². The zero-order valence-electron chi connectivity index (χ0n) is 16.5. The first-order valence-electron chi connectivity index (χ1n) is 9.78. The minimum absolute atomic E-state index is 0.0610. The molecule has 3 aromatic rings. The van der Waals surface area contributed by atoms with Crippen LogP contribution in [0.4, 0.5) is 11.8 Å². The van der Waals surface area contributed by atoms with Crippen molar-refractivity contribution in [2.24, 2.45) is 0 Å².